The lowest BCUT2D eigenvalue weighted by molar-refractivity contribution is -0.137. The van der Waals surface area contributed by atoms with E-state index in [2.05, 4.69) is 5.32 Å². The summed E-state index contributed by atoms with van der Waals surface area (Å²) in [6, 6.07) is 4.96. The van der Waals surface area contributed by atoms with Gasteiger partial charge in [0, 0.05) is 6.42 Å². The lowest BCUT2D eigenvalue weighted by Crippen LogP contribution is -2.21. The predicted molar refractivity (Wildman–Crippen MR) is 76.8 cm³/mol. The second kappa shape index (κ2) is 6.93. The van der Waals surface area contributed by atoms with Gasteiger partial charge in [0.2, 0.25) is 5.91 Å². The van der Waals surface area contributed by atoms with Gasteiger partial charge in [-0.2, -0.15) is 13.2 Å². The van der Waals surface area contributed by atoms with E-state index in [1.165, 1.54) is 18.2 Å². The molecule has 0 aliphatic carbocycles. The van der Waals surface area contributed by atoms with Gasteiger partial charge in [0.15, 0.2) is 0 Å². The van der Waals surface area contributed by atoms with Crippen LogP contribution >= 0.6 is 0 Å². The molecule has 0 unspecified atom stereocenters. The highest BCUT2D eigenvalue weighted by molar-refractivity contribution is 5.91. The number of alkyl halides is 3. The second-order valence-corrected chi connectivity index (χ2v) is 5.79. The molecule has 0 heterocycles. The number of para-hydroxylation sites is 1. The standard InChI is InChI=1S/C15H21F3N2O/c1-14(2,9-10-19)8-7-13(21)20-12-6-4-3-5-11(12)15(16,17)18/h3-6H,7-10,19H2,1-2H3,(H,20,21). The fourth-order valence-corrected chi connectivity index (χ4v) is 2.02. The van der Waals surface area contributed by atoms with Gasteiger partial charge in [-0.15, -0.1) is 0 Å². The van der Waals surface area contributed by atoms with Crippen molar-refractivity contribution in [3.8, 4) is 0 Å². The number of anilines is 1. The molecule has 0 aromatic heterocycles. The Balaban J connectivity index is 2.68. The number of hydrogen-bond acceptors (Lipinski definition) is 2. The minimum absolute atomic E-state index is 0.102. The van der Waals surface area contributed by atoms with Gasteiger partial charge in [-0.1, -0.05) is 26.0 Å². The molecule has 1 aromatic carbocycles. The van der Waals surface area contributed by atoms with E-state index in [4.69, 9.17) is 5.73 Å². The van der Waals surface area contributed by atoms with Crippen LogP contribution in [0.1, 0.15) is 38.7 Å². The van der Waals surface area contributed by atoms with Crippen LogP contribution in [0, 0.1) is 5.41 Å². The highest BCUT2D eigenvalue weighted by atomic mass is 19.4. The van der Waals surface area contributed by atoms with Crippen molar-refractivity contribution in [3.63, 3.8) is 0 Å². The Bertz CT molecular complexity index is 484. The van der Waals surface area contributed by atoms with Gasteiger partial charge in [-0.05, 0) is 36.9 Å². The van der Waals surface area contributed by atoms with Crippen molar-refractivity contribution in [2.24, 2.45) is 11.1 Å². The first kappa shape index (κ1) is 17.5. The van der Waals surface area contributed by atoms with E-state index in [-0.39, 0.29) is 17.5 Å². The molecule has 0 spiro atoms. The quantitative estimate of drug-likeness (QED) is 0.839. The average Bonchev–Trinajstić information content (AvgIpc) is 2.36. The van der Waals surface area contributed by atoms with Gasteiger partial charge in [-0.3, -0.25) is 4.79 Å². The summed E-state index contributed by atoms with van der Waals surface area (Å²) in [4.78, 5) is 11.8. The topological polar surface area (TPSA) is 55.1 Å². The van der Waals surface area contributed by atoms with Crippen molar-refractivity contribution in [1.29, 1.82) is 0 Å². The number of amides is 1. The summed E-state index contributed by atoms with van der Waals surface area (Å²) in [5.74, 6) is -0.420. The Morgan fingerprint density at radius 1 is 1.19 bits per heavy atom. The molecule has 0 radical (unpaired) electrons. The molecule has 1 rings (SSSR count). The van der Waals surface area contributed by atoms with E-state index in [1.54, 1.807) is 0 Å². The molecule has 3 N–H and O–H groups in total. The number of nitrogens with one attached hydrogen (secondary N) is 1. The number of rotatable bonds is 6. The van der Waals surface area contributed by atoms with E-state index >= 15 is 0 Å². The predicted octanol–water partition coefficient (Wildman–Crippen LogP) is 3.80. The van der Waals surface area contributed by atoms with Gasteiger partial charge >= 0.3 is 6.18 Å². The zero-order valence-electron chi connectivity index (χ0n) is 12.3. The van der Waals surface area contributed by atoms with E-state index in [0.29, 0.717) is 13.0 Å². The highest BCUT2D eigenvalue weighted by Gasteiger charge is 2.33. The van der Waals surface area contributed by atoms with Crippen LogP contribution in [0.15, 0.2) is 24.3 Å². The molecule has 0 bridgehead atoms. The summed E-state index contributed by atoms with van der Waals surface area (Å²) < 4.78 is 38.4. The maximum Gasteiger partial charge on any atom is 0.418 e. The van der Waals surface area contributed by atoms with Crippen molar-refractivity contribution in [3.05, 3.63) is 29.8 Å². The van der Waals surface area contributed by atoms with E-state index in [9.17, 15) is 18.0 Å². The molecular weight excluding hydrogens is 281 g/mol. The zero-order chi connectivity index (χ0) is 16.1. The van der Waals surface area contributed by atoms with Crippen LogP contribution in [0.5, 0.6) is 0 Å². The van der Waals surface area contributed by atoms with Crippen LogP contribution in [0.2, 0.25) is 0 Å². The summed E-state index contributed by atoms with van der Waals surface area (Å²) >= 11 is 0. The van der Waals surface area contributed by atoms with Crippen LogP contribution in [0.4, 0.5) is 18.9 Å². The summed E-state index contributed by atoms with van der Waals surface area (Å²) in [5.41, 5.74) is 4.35. The number of carbonyl (C=O) groups excluding carboxylic acids is 1. The van der Waals surface area contributed by atoms with Crippen LogP contribution in [0.3, 0.4) is 0 Å². The summed E-state index contributed by atoms with van der Waals surface area (Å²) in [6.45, 7) is 4.49. The third-order valence-electron chi connectivity index (χ3n) is 3.36. The molecule has 0 aliphatic heterocycles. The fourth-order valence-electron chi connectivity index (χ4n) is 2.02. The molecule has 21 heavy (non-hydrogen) atoms. The zero-order valence-corrected chi connectivity index (χ0v) is 12.3. The highest BCUT2D eigenvalue weighted by Crippen LogP contribution is 2.34. The Hall–Kier alpha value is -1.56. The first-order valence-electron chi connectivity index (χ1n) is 6.82. The molecule has 6 heteroatoms. The molecule has 0 fully saturated rings. The molecule has 0 aliphatic rings. The Kier molecular flexibility index (Phi) is 5.78. The summed E-state index contributed by atoms with van der Waals surface area (Å²) in [7, 11) is 0. The van der Waals surface area contributed by atoms with Crippen LogP contribution in [-0.4, -0.2) is 12.5 Å². The minimum Gasteiger partial charge on any atom is -0.330 e. The first-order valence-corrected chi connectivity index (χ1v) is 6.82. The molecule has 118 valence electrons. The number of carbonyl (C=O) groups is 1. The number of benzene rings is 1. The normalized spacial score (nSPS) is 12.3. The number of halogens is 3. The molecular formula is C15H21F3N2O. The first-order chi connectivity index (χ1) is 9.65. The number of nitrogens with two attached hydrogens (primary N) is 1. The Morgan fingerprint density at radius 2 is 1.81 bits per heavy atom. The van der Waals surface area contributed by atoms with Crippen molar-refractivity contribution in [2.75, 3.05) is 11.9 Å². The molecule has 0 saturated heterocycles. The van der Waals surface area contributed by atoms with Gasteiger partial charge in [0.05, 0.1) is 11.3 Å². The third-order valence-corrected chi connectivity index (χ3v) is 3.36. The number of hydrogen-bond donors (Lipinski definition) is 2. The minimum atomic E-state index is -4.48. The van der Waals surface area contributed by atoms with Crippen LogP contribution in [-0.2, 0) is 11.0 Å². The maximum atomic E-state index is 12.8. The van der Waals surface area contributed by atoms with Crippen molar-refractivity contribution < 1.29 is 18.0 Å². The Morgan fingerprint density at radius 3 is 2.38 bits per heavy atom. The summed E-state index contributed by atoms with van der Waals surface area (Å²) in [6.07, 6.45) is -2.98. The average molecular weight is 302 g/mol. The lowest BCUT2D eigenvalue weighted by Gasteiger charge is -2.23. The molecule has 1 aromatic rings. The molecule has 0 atom stereocenters. The maximum absolute atomic E-state index is 12.8. The van der Waals surface area contributed by atoms with Crippen LogP contribution < -0.4 is 11.1 Å². The molecule has 1 amide bonds. The molecule has 0 saturated carbocycles. The van der Waals surface area contributed by atoms with Gasteiger partial charge < -0.3 is 11.1 Å². The largest absolute Gasteiger partial charge is 0.418 e. The second-order valence-electron chi connectivity index (χ2n) is 5.79. The van der Waals surface area contributed by atoms with Crippen molar-refractivity contribution >= 4 is 11.6 Å². The van der Waals surface area contributed by atoms with Gasteiger partial charge in [0.25, 0.3) is 0 Å². The fraction of sp³-hybridized carbons (Fsp3) is 0.533. The summed E-state index contributed by atoms with van der Waals surface area (Å²) in [5, 5.41) is 2.34. The van der Waals surface area contributed by atoms with Gasteiger partial charge in [0.1, 0.15) is 0 Å². The van der Waals surface area contributed by atoms with E-state index in [0.717, 1.165) is 12.5 Å². The smallest absolute Gasteiger partial charge is 0.330 e. The SMILES string of the molecule is CC(C)(CCN)CCC(=O)Nc1ccccc1C(F)(F)F. The van der Waals surface area contributed by atoms with E-state index in [1.807, 2.05) is 13.8 Å². The van der Waals surface area contributed by atoms with Crippen molar-refractivity contribution in [2.45, 2.75) is 39.3 Å². The third kappa shape index (κ3) is 5.75. The van der Waals surface area contributed by atoms with Gasteiger partial charge in [-0.25, -0.2) is 0 Å². The van der Waals surface area contributed by atoms with E-state index < -0.39 is 17.6 Å². The monoisotopic (exact) mass is 302 g/mol. The lowest BCUT2D eigenvalue weighted by atomic mass is 9.84. The van der Waals surface area contributed by atoms with Crippen molar-refractivity contribution in [1.82, 2.24) is 0 Å². The van der Waals surface area contributed by atoms with Crippen LogP contribution in [0.25, 0.3) is 0 Å². The Labute approximate surface area is 122 Å². The molecule has 3 nitrogen and oxygen atoms in total.